The molecule has 1 N–H and O–H groups in total. The Morgan fingerprint density at radius 2 is 1.91 bits per heavy atom. The van der Waals surface area contributed by atoms with E-state index < -0.39 is 12.1 Å². The number of ether oxygens (including phenoxy) is 3. The SMILES string of the molecule is Cc1ccccc1OCC(=O)N1CC2(C1)OCCC2COc1cccnc1.O=C(O)C(F)(F)F. The number of pyridine rings is 1. The number of carboxylic acid groups (broad SMARTS) is 1. The third-order valence-electron chi connectivity index (χ3n) is 5.64. The lowest BCUT2D eigenvalue weighted by molar-refractivity contribution is -0.192. The first kappa shape index (κ1) is 25.3. The van der Waals surface area contributed by atoms with Gasteiger partial charge in [-0.2, -0.15) is 13.2 Å². The minimum Gasteiger partial charge on any atom is -0.492 e. The number of aryl methyl sites for hydroxylation is 1. The highest BCUT2D eigenvalue weighted by Crippen LogP contribution is 2.40. The van der Waals surface area contributed by atoms with Crippen LogP contribution in [0, 0.1) is 12.8 Å². The summed E-state index contributed by atoms with van der Waals surface area (Å²) >= 11 is 0. The van der Waals surface area contributed by atoms with E-state index in [4.69, 9.17) is 24.1 Å². The number of amides is 1. The molecule has 2 aliphatic heterocycles. The van der Waals surface area contributed by atoms with Crippen molar-refractivity contribution in [2.75, 3.05) is 32.9 Å². The number of aliphatic carboxylic acids is 1. The molecule has 184 valence electrons. The number of benzene rings is 1. The average molecular weight is 482 g/mol. The van der Waals surface area contributed by atoms with Gasteiger partial charge in [0.2, 0.25) is 0 Å². The molecule has 11 heteroatoms. The quantitative estimate of drug-likeness (QED) is 0.676. The van der Waals surface area contributed by atoms with Crippen molar-refractivity contribution < 1.29 is 42.1 Å². The van der Waals surface area contributed by atoms with Gasteiger partial charge < -0.3 is 24.2 Å². The lowest BCUT2D eigenvalue weighted by Crippen LogP contribution is -2.67. The predicted molar refractivity (Wildman–Crippen MR) is 113 cm³/mol. The highest BCUT2D eigenvalue weighted by molar-refractivity contribution is 5.79. The lowest BCUT2D eigenvalue weighted by atomic mass is 9.81. The van der Waals surface area contributed by atoms with E-state index in [1.807, 2.05) is 43.3 Å². The number of para-hydroxylation sites is 1. The topological polar surface area (TPSA) is 98.2 Å². The van der Waals surface area contributed by atoms with Crippen LogP contribution in [-0.2, 0) is 14.3 Å². The van der Waals surface area contributed by atoms with Crippen LogP contribution in [0.25, 0.3) is 0 Å². The largest absolute Gasteiger partial charge is 0.492 e. The number of halogens is 3. The van der Waals surface area contributed by atoms with Gasteiger partial charge in [-0.05, 0) is 37.1 Å². The number of hydrogen-bond donors (Lipinski definition) is 1. The fraction of sp³-hybridized carbons (Fsp3) is 0.435. The molecule has 0 radical (unpaired) electrons. The Kier molecular flexibility index (Phi) is 7.98. The minimum atomic E-state index is -5.08. The summed E-state index contributed by atoms with van der Waals surface area (Å²) in [5.41, 5.74) is 0.748. The molecule has 1 spiro atoms. The second kappa shape index (κ2) is 10.7. The fourth-order valence-electron chi connectivity index (χ4n) is 3.72. The van der Waals surface area contributed by atoms with E-state index in [1.165, 1.54) is 0 Å². The summed E-state index contributed by atoms with van der Waals surface area (Å²) in [5.74, 6) is -0.975. The molecule has 0 saturated carbocycles. The molecule has 1 unspecified atom stereocenters. The van der Waals surface area contributed by atoms with Crippen LogP contribution < -0.4 is 9.47 Å². The molecule has 4 rings (SSSR count). The Labute approximate surface area is 194 Å². The first-order chi connectivity index (χ1) is 16.1. The van der Waals surface area contributed by atoms with Crippen molar-refractivity contribution in [3.8, 4) is 11.5 Å². The van der Waals surface area contributed by atoms with Gasteiger partial charge in [0, 0.05) is 18.7 Å². The number of carboxylic acids is 1. The molecule has 0 aliphatic carbocycles. The highest BCUT2D eigenvalue weighted by Gasteiger charge is 2.54. The van der Waals surface area contributed by atoms with E-state index in [0.29, 0.717) is 26.3 Å². The van der Waals surface area contributed by atoms with Crippen LogP contribution in [0.15, 0.2) is 48.8 Å². The standard InChI is InChI=1S/C21H24N2O4.C2HF3O2/c1-16-5-2-3-7-19(16)26-13-20(24)23-14-21(15-23)17(8-10-27-21)12-25-18-6-4-9-22-11-18;3-2(4,5)1(6)7/h2-7,9,11,17H,8,10,12-15H2,1H3;(H,6,7). The normalized spacial score (nSPS) is 18.5. The maximum atomic E-state index is 12.4. The van der Waals surface area contributed by atoms with Gasteiger partial charge in [0.25, 0.3) is 5.91 Å². The van der Waals surface area contributed by atoms with Gasteiger partial charge in [-0.3, -0.25) is 9.78 Å². The first-order valence-corrected chi connectivity index (χ1v) is 10.5. The second-order valence-electron chi connectivity index (χ2n) is 8.01. The maximum absolute atomic E-state index is 12.4. The monoisotopic (exact) mass is 482 g/mol. The summed E-state index contributed by atoms with van der Waals surface area (Å²) in [7, 11) is 0. The van der Waals surface area contributed by atoms with Crippen LogP contribution >= 0.6 is 0 Å². The molecule has 8 nitrogen and oxygen atoms in total. The Hall–Kier alpha value is -3.34. The highest BCUT2D eigenvalue weighted by atomic mass is 19.4. The number of rotatable bonds is 6. The van der Waals surface area contributed by atoms with Crippen molar-refractivity contribution in [1.82, 2.24) is 9.88 Å². The van der Waals surface area contributed by atoms with Gasteiger partial charge in [0.15, 0.2) is 6.61 Å². The molecule has 1 aromatic heterocycles. The Morgan fingerprint density at radius 3 is 2.53 bits per heavy atom. The number of carbonyl (C=O) groups excluding carboxylic acids is 1. The number of hydrogen-bond acceptors (Lipinski definition) is 6. The van der Waals surface area contributed by atoms with Gasteiger partial charge in [-0.25, -0.2) is 4.79 Å². The van der Waals surface area contributed by atoms with Crippen molar-refractivity contribution in [3.05, 3.63) is 54.4 Å². The second-order valence-corrected chi connectivity index (χ2v) is 8.01. The van der Waals surface area contributed by atoms with E-state index in [2.05, 4.69) is 4.98 Å². The summed E-state index contributed by atoms with van der Waals surface area (Å²) in [6.45, 7) is 4.51. The number of carbonyl (C=O) groups is 2. The average Bonchev–Trinajstić information content (AvgIpc) is 3.20. The van der Waals surface area contributed by atoms with Crippen molar-refractivity contribution in [1.29, 1.82) is 0 Å². The predicted octanol–water partition coefficient (Wildman–Crippen LogP) is 3.10. The number of alkyl halides is 3. The van der Waals surface area contributed by atoms with E-state index in [0.717, 1.165) is 23.5 Å². The van der Waals surface area contributed by atoms with Crippen molar-refractivity contribution in [2.24, 2.45) is 5.92 Å². The first-order valence-electron chi connectivity index (χ1n) is 10.5. The molecular weight excluding hydrogens is 457 g/mol. The van der Waals surface area contributed by atoms with Gasteiger partial charge in [-0.1, -0.05) is 18.2 Å². The molecule has 1 amide bonds. The lowest BCUT2D eigenvalue weighted by Gasteiger charge is -2.49. The Balaban J connectivity index is 0.000000406. The summed E-state index contributed by atoms with van der Waals surface area (Å²) in [6, 6.07) is 11.5. The molecule has 1 atom stereocenters. The molecule has 2 aromatic rings. The summed E-state index contributed by atoms with van der Waals surface area (Å²) in [5, 5.41) is 7.12. The Morgan fingerprint density at radius 1 is 1.21 bits per heavy atom. The molecular formula is C23H25F3N2O6. The molecule has 2 aliphatic rings. The third-order valence-corrected chi connectivity index (χ3v) is 5.64. The molecule has 3 heterocycles. The van der Waals surface area contributed by atoms with Crippen LogP contribution in [0.4, 0.5) is 13.2 Å². The summed E-state index contributed by atoms with van der Waals surface area (Å²) < 4.78 is 49.3. The number of nitrogens with zero attached hydrogens (tertiary/aromatic N) is 2. The van der Waals surface area contributed by atoms with Crippen LogP contribution in [0.2, 0.25) is 0 Å². The number of aromatic nitrogens is 1. The zero-order valence-electron chi connectivity index (χ0n) is 18.5. The van der Waals surface area contributed by atoms with Gasteiger partial charge in [0.05, 0.1) is 25.9 Å². The minimum absolute atomic E-state index is 0.00805. The molecule has 34 heavy (non-hydrogen) atoms. The van der Waals surface area contributed by atoms with Gasteiger partial charge in [0.1, 0.15) is 17.1 Å². The zero-order chi connectivity index (χ0) is 24.8. The fourth-order valence-corrected chi connectivity index (χ4v) is 3.72. The van der Waals surface area contributed by atoms with Crippen LogP contribution in [0.3, 0.4) is 0 Å². The maximum Gasteiger partial charge on any atom is 0.490 e. The van der Waals surface area contributed by atoms with Crippen LogP contribution in [-0.4, -0.2) is 71.6 Å². The van der Waals surface area contributed by atoms with Crippen LogP contribution in [0.1, 0.15) is 12.0 Å². The van der Waals surface area contributed by atoms with Crippen molar-refractivity contribution >= 4 is 11.9 Å². The van der Waals surface area contributed by atoms with E-state index >= 15 is 0 Å². The molecule has 0 bridgehead atoms. The van der Waals surface area contributed by atoms with Crippen molar-refractivity contribution in [2.45, 2.75) is 25.1 Å². The molecule has 1 aromatic carbocycles. The van der Waals surface area contributed by atoms with Gasteiger partial charge in [-0.15, -0.1) is 0 Å². The summed E-state index contributed by atoms with van der Waals surface area (Å²) in [4.78, 5) is 27.2. The van der Waals surface area contributed by atoms with E-state index in [9.17, 15) is 18.0 Å². The van der Waals surface area contributed by atoms with E-state index in [1.54, 1.807) is 17.3 Å². The molecule has 2 saturated heterocycles. The van der Waals surface area contributed by atoms with Gasteiger partial charge >= 0.3 is 12.1 Å². The zero-order valence-corrected chi connectivity index (χ0v) is 18.5. The van der Waals surface area contributed by atoms with Crippen LogP contribution in [0.5, 0.6) is 11.5 Å². The third kappa shape index (κ3) is 6.37. The van der Waals surface area contributed by atoms with E-state index in [-0.39, 0.29) is 24.0 Å². The summed E-state index contributed by atoms with van der Waals surface area (Å²) in [6.07, 6.45) is -0.703. The Bertz CT molecular complexity index is 980. The number of likely N-dealkylation sites (tertiary alicyclic amines) is 1. The van der Waals surface area contributed by atoms with Crippen molar-refractivity contribution in [3.63, 3.8) is 0 Å². The molecule has 2 fully saturated rings. The smallest absolute Gasteiger partial charge is 0.490 e.